The SMILES string of the molecule is CCCCCCCCCCCCCCCCCCC(CCCC)CC1OCCO1. The largest absolute Gasteiger partial charge is 0.350 e. The molecular weight excluding hydrogens is 356 g/mol. The number of rotatable bonds is 22. The minimum atomic E-state index is 0.0953. The van der Waals surface area contributed by atoms with Crippen LogP contribution in [-0.2, 0) is 9.47 Å². The predicted molar refractivity (Wildman–Crippen MR) is 127 cm³/mol. The van der Waals surface area contributed by atoms with Gasteiger partial charge in [0.1, 0.15) is 0 Å². The second kappa shape index (κ2) is 21.2. The number of unbranched alkanes of at least 4 members (excludes halogenated alkanes) is 16. The van der Waals surface area contributed by atoms with E-state index in [9.17, 15) is 0 Å². The molecule has 1 heterocycles. The third-order valence-electron chi connectivity index (χ3n) is 6.65. The molecule has 1 aliphatic rings. The molecule has 0 bridgehead atoms. The van der Waals surface area contributed by atoms with E-state index in [0.717, 1.165) is 25.6 Å². The van der Waals surface area contributed by atoms with E-state index in [-0.39, 0.29) is 6.29 Å². The molecule has 0 aliphatic carbocycles. The van der Waals surface area contributed by atoms with Gasteiger partial charge in [0.05, 0.1) is 13.2 Å². The third kappa shape index (κ3) is 17.3. The van der Waals surface area contributed by atoms with E-state index in [1.807, 2.05) is 0 Å². The molecule has 0 spiro atoms. The Morgan fingerprint density at radius 3 is 1.34 bits per heavy atom. The predicted octanol–water partition coefficient (Wildman–Crippen LogP) is 9.21. The minimum Gasteiger partial charge on any atom is -0.350 e. The fourth-order valence-corrected chi connectivity index (χ4v) is 4.67. The Hall–Kier alpha value is -0.0800. The van der Waals surface area contributed by atoms with Crippen molar-refractivity contribution in [2.45, 2.75) is 155 Å². The number of ether oxygens (including phenoxy) is 2. The Morgan fingerprint density at radius 2 is 0.897 bits per heavy atom. The molecule has 0 N–H and O–H groups in total. The van der Waals surface area contributed by atoms with Crippen LogP contribution >= 0.6 is 0 Å². The zero-order chi connectivity index (χ0) is 20.8. The van der Waals surface area contributed by atoms with Crippen molar-refractivity contribution >= 4 is 0 Å². The third-order valence-corrected chi connectivity index (χ3v) is 6.65. The van der Waals surface area contributed by atoms with Crippen molar-refractivity contribution in [3.05, 3.63) is 0 Å². The van der Waals surface area contributed by atoms with Crippen molar-refractivity contribution in [1.82, 2.24) is 0 Å². The molecule has 1 rings (SSSR count). The van der Waals surface area contributed by atoms with Gasteiger partial charge in [-0.25, -0.2) is 0 Å². The van der Waals surface area contributed by atoms with E-state index in [1.54, 1.807) is 0 Å². The van der Waals surface area contributed by atoms with Gasteiger partial charge in [-0.1, -0.05) is 142 Å². The maximum atomic E-state index is 5.67. The summed E-state index contributed by atoms with van der Waals surface area (Å²) in [5, 5.41) is 0. The highest BCUT2D eigenvalue weighted by atomic mass is 16.7. The van der Waals surface area contributed by atoms with Crippen LogP contribution in [0, 0.1) is 5.92 Å². The lowest BCUT2D eigenvalue weighted by Crippen LogP contribution is -2.14. The van der Waals surface area contributed by atoms with Crippen molar-refractivity contribution < 1.29 is 9.47 Å². The van der Waals surface area contributed by atoms with Gasteiger partial charge in [-0.3, -0.25) is 0 Å². The lowest BCUT2D eigenvalue weighted by Gasteiger charge is -2.19. The van der Waals surface area contributed by atoms with Crippen LogP contribution in [0.2, 0.25) is 0 Å². The van der Waals surface area contributed by atoms with Gasteiger partial charge < -0.3 is 9.47 Å². The smallest absolute Gasteiger partial charge is 0.158 e. The molecule has 1 fully saturated rings. The summed E-state index contributed by atoms with van der Waals surface area (Å²) in [7, 11) is 0. The van der Waals surface area contributed by atoms with Gasteiger partial charge in [0.2, 0.25) is 0 Å². The van der Waals surface area contributed by atoms with Crippen LogP contribution in [-0.4, -0.2) is 19.5 Å². The highest BCUT2D eigenvalue weighted by molar-refractivity contribution is 4.65. The molecule has 2 heteroatoms. The summed E-state index contributed by atoms with van der Waals surface area (Å²) in [5.74, 6) is 0.810. The second-order valence-corrected chi connectivity index (χ2v) is 9.51. The van der Waals surface area contributed by atoms with E-state index in [0.29, 0.717) is 0 Å². The quantitative estimate of drug-likeness (QED) is 0.166. The number of hydrogen-bond donors (Lipinski definition) is 0. The van der Waals surface area contributed by atoms with Gasteiger partial charge in [-0.2, -0.15) is 0 Å². The van der Waals surface area contributed by atoms with Crippen LogP contribution in [0.3, 0.4) is 0 Å². The molecular formula is C27H54O2. The molecule has 1 aliphatic heterocycles. The molecule has 174 valence electrons. The molecule has 2 nitrogen and oxygen atoms in total. The van der Waals surface area contributed by atoms with Gasteiger partial charge >= 0.3 is 0 Å². The van der Waals surface area contributed by atoms with Crippen molar-refractivity contribution in [2.75, 3.05) is 13.2 Å². The average molecular weight is 411 g/mol. The first-order chi connectivity index (χ1) is 14.4. The Kier molecular flexibility index (Phi) is 19.7. The fraction of sp³-hybridized carbons (Fsp3) is 1.00. The van der Waals surface area contributed by atoms with Crippen molar-refractivity contribution in [1.29, 1.82) is 0 Å². The molecule has 0 amide bonds. The van der Waals surface area contributed by atoms with Gasteiger partial charge in [0.15, 0.2) is 6.29 Å². The molecule has 0 saturated carbocycles. The summed E-state index contributed by atoms with van der Waals surface area (Å²) in [5.41, 5.74) is 0. The normalized spacial score (nSPS) is 15.9. The van der Waals surface area contributed by atoms with E-state index in [2.05, 4.69) is 13.8 Å². The molecule has 1 atom stereocenters. The first-order valence-corrected chi connectivity index (χ1v) is 13.6. The molecule has 29 heavy (non-hydrogen) atoms. The first-order valence-electron chi connectivity index (χ1n) is 13.6. The van der Waals surface area contributed by atoms with Crippen LogP contribution in [0.1, 0.15) is 149 Å². The lowest BCUT2D eigenvalue weighted by molar-refractivity contribution is -0.0585. The molecule has 1 saturated heterocycles. The van der Waals surface area contributed by atoms with Crippen molar-refractivity contribution in [3.63, 3.8) is 0 Å². The first kappa shape index (κ1) is 27.0. The van der Waals surface area contributed by atoms with E-state index in [4.69, 9.17) is 9.47 Å². The molecule has 0 aromatic rings. The number of hydrogen-bond acceptors (Lipinski definition) is 2. The second-order valence-electron chi connectivity index (χ2n) is 9.51. The standard InChI is InChI=1S/C27H54O2/c1-3-5-7-8-9-10-11-12-13-14-15-16-17-18-19-20-22-26(21-6-4-2)25-27-28-23-24-29-27/h26-27H,3-25H2,1-2H3. The zero-order valence-corrected chi connectivity index (χ0v) is 20.2. The summed E-state index contributed by atoms with van der Waals surface area (Å²) < 4.78 is 11.3. The van der Waals surface area contributed by atoms with Gasteiger partial charge in [0, 0.05) is 6.42 Å². The zero-order valence-electron chi connectivity index (χ0n) is 20.2. The summed E-state index contributed by atoms with van der Waals surface area (Å²) in [6.45, 7) is 6.19. The van der Waals surface area contributed by atoms with Gasteiger partial charge in [-0.15, -0.1) is 0 Å². The summed E-state index contributed by atoms with van der Waals surface area (Å²) in [4.78, 5) is 0. The maximum Gasteiger partial charge on any atom is 0.158 e. The molecule has 0 aromatic carbocycles. The van der Waals surface area contributed by atoms with Crippen LogP contribution < -0.4 is 0 Å². The van der Waals surface area contributed by atoms with Crippen LogP contribution in [0.15, 0.2) is 0 Å². The highest BCUT2D eigenvalue weighted by Gasteiger charge is 2.20. The topological polar surface area (TPSA) is 18.5 Å². The summed E-state index contributed by atoms with van der Waals surface area (Å²) in [6.07, 6.45) is 29.8. The highest BCUT2D eigenvalue weighted by Crippen LogP contribution is 2.25. The van der Waals surface area contributed by atoms with Crippen LogP contribution in [0.25, 0.3) is 0 Å². The Morgan fingerprint density at radius 1 is 0.517 bits per heavy atom. The minimum absolute atomic E-state index is 0.0953. The van der Waals surface area contributed by atoms with Gasteiger partial charge in [-0.05, 0) is 5.92 Å². The monoisotopic (exact) mass is 410 g/mol. The van der Waals surface area contributed by atoms with Crippen molar-refractivity contribution in [2.24, 2.45) is 5.92 Å². The van der Waals surface area contributed by atoms with Crippen molar-refractivity contribution in [3.8, 4) is 0 Å². The Balaban J connectivity index is 1.83. The van der Waals surface area contributed by atoms with E-state index < -0.39 is 0 Å². The molecule has 0 radical (unpaired) electrons. The summed E-state index contributed by atoms with van der Waals surface area (Å²) >= 11 is 0. The Labute approximate surface area is 183 Å². The van der Waals surface area contributed by atoms with Crippen LogP contribution in [0.5, 0.6) is 0 Å². The molecule has 0 aromatic heterocycles. The average Bonchev–Trinajstić information content (AvgIpc) is 3.24. The van der Waals surface area contributed by atoms with Gasteiger partial charge in [0.25, 0.3) is 0 Å². The fourth-order valence-electron chi connectivity index (χ4n) is 4.67. The van der Waals surface area contributed by atoms with E-state index in [1.165, 1.54) is 128 Å². The van der Waals surface area contributed by atoms with E-state index >= 15 is 0 Å². The summed E-state index contributed by atoms with van der Waals surface area (Å²) in [6, 6.07) is 0. The maximum absolute atomic E-state index is 5.67. The van der Waals surface area contributed by atoms with Crippen LogP contribution in [0.4, 0.5) is 0 Å². The lowest BCUT2D eigenvalue weighted by atomic mass is 9.92. The molecule has 1 unspecified atom stereocenters. The Bertz CT molecular complexity index is 312.